The number of Topliss-reactive ketones (excluding diaryl/α,β-unsaturated/α-hetero) is 1. The summed E-state index contributed by atoms with van der Waals surface area (Å²) in [6, 6.07) is 5.74. The third-order valence-electron chi connectivity index (χ3n) is 2.54. The molecule has 0 unspecified atom stereocenters. The van der Waals surface area contributed by atoms with E-state index in [-0.39, 0.29) is 11.7 Å². The van der Waals surface area contributed by atoms with Crippen LogP contribution in [-0.4, -0.2) is 18.2 Å². The number of hydrogen-bond donors (Lipinski definition) is 2. The summed E-state index contributed by atoms with van der Waals surface area (Å²) in [5.41, 5.74) is 2.86. The predicted molar refractivity (Wildman–Crippen MR) is 62.6 cm³/mol. The van der Waals surface area contributed by atoms with Crippen LogP contribution in [0.25, 0.3) is 0 Å². The third kappa shape index (κ3) is 2.39. The molecule has 2 rings (SSSR count). The minimum Gasteiger partial charge on any atom is -0.385 e. The van der Waals surface area contributed by atoms with Crippen molar-refractivity contribution in [2.75, 3.05) is 17.2 Å². The molecule has 1 amide bonds. The van der Waals surface area contributed by atoms with Gasteiger partial charge in [0.05, 0.1) is 6.42 Å². The topological polar surface area (TPSA) is 58.2 Å². The van der Waals surface area contributed by atoms with E-state index < -0.39 is 0 Å². The molecule has 0 aliphatic carbocycles. The van der Waals surface area contributed by atoms with Gasteiger partial charge in [0.15, 0.2) is 0 Å². The molecule has 84 valence electrons. The molecule has 0 radical (unpaired) electrons. The van der Waals surface area contributed by atoms with E-state index in [1.165, 1.54) is 0 Å². The van der Waals surface area contributed by atoms with E-state index in [1.54, 1.807) is 6.92 Å². The van der Waals surface area contributed by atoms with Gasteiger partial charge in [0.25, 0.3) is 0 Å². The Hall–Kier alpha value is -1.84. The van der Waals surface area contributed by atoms with Gasteiger partial charge in [-0.3, -0.25) is 9.59 Å². The maximum atomic E-state index is 11.1. The number of carbonyl (C=O) groups is 2. The van der Waals surface area contributed by atoms with Gasteiger partial charge >= 0.3 is 0 Å². The zero-order valence-corrected chi connectivity index (χ0v) is 9.17. The molecule has 0 aromatic heterocycles. The van der Waals surface area contributed by atoms with Crippen LogP contribution >= 0.6 is 0 Å². The molecule has 1 aliphatic heterocycles. The molecular weight excluding hydrogens is 204 g/mol. The maximum Gasteiger partial charge on any atom is 0.228 e. The van der Waals surface area contributed by atoms with E-state index in [1.807, 2.05) is 18.2 Å². The zero-order valence-electron chi connectivity index (χ0n) is 9.17. The molecule has 1 aromatic carbocycles. The Kier molecular flexibility index (Phi) is 2.90. The van der Waals surface area contributed by atoms with E-state index in [2.05, 4.69) is 10.6 Å². The minimum absolute atomic E-state index is 0.0379. The second kappa shape index (κ2) is 4.35. The number of nitrogens with one attached hydrogen (secondary N) is 2. The lowest BCUT2D eigenvalue weighted by Crippen LogP contribution is -2.05. The fourth-order valence-electron chi connectivity index (χ4n) is 1.72. The molecule has 1 aromatic rings. The van der Waals surface area contributed by atoms with Gasteiger partial charge in [-0.15, -0.1) is 0 Å². The van der Waals surface area contributed by atoms with Crippen LogP contribution in [0.1, 0.15) is 18.9 Å². The lowest BCUT2D eigenvalue weighted by molar-refractivity contribution is -0.117. The Morgan fingerprint density at radius 2 is 2.31 bits per heavy atom. The van der Waals surface area contributed by atoms with Crippen LogP contribution in [-0.2, 0) is 16.0 Å². The highest BCUT2D eigenvalue weighted by Crippen LogP contribution is 2.25. The highest BCUT2D eigenvalue weighted by Gasteiger charge is 2.17. The van der Waals surface area contributed by atoms with Crippen molar-refractivity contribution in [3.05, 3.63) is 23.8 Å². The van der Waals surface area contributed by atoms with E-state index in [0.717, 1.165) is 16.9 Å². The van der Waals surface area contributed by atoms with Gasteiger partial charge in [0, 0.05) is 24.3 Å². The first-order valence-electron chi connectivity index (χ1n) is 5.31. The van der Waals surface area contributed by atoms with Crippen LogP contribution in [0, 0.1) is 0 Å². The summed E-state index contributed by atoms with van der Waals surface area (Å²) in [7, 11) is 0. The Morgan fingerprint density at radius 3 is 3.06 bits per heavy atom. The maximum absolute atomic E-state index is 11.1. The Bertz CT molecular complexity index is 441. The molecule has 0 bridgehead atoms. The number of amides is 1. The molecule has 0 atom stereocenters. The fourth-order valence-corrected chi connectivity index (χ4v) is 1.72. The average Bonchev–Trinajstić information content (AvgIpc) is 2.56. The SMILES string of the molecule is CC(=O)CCNc1ccc2c(c1)CC(=O)N2. The predicted octanol–water partition coefficient (Wildman–Crippen LogP) is 1.57. The standard InChI is InChI=1S/C12H14N2O2/c1-8(15)4-5-13-10-2-3-11-9(6-10)7-12(16)14-11/h2-3,6,13H,4-5,7H2,1H3,(H,14,16). The van der Waals surface area contributed by atoms with Crippen LogP contribution in [0.5, 0.6) is 0 Å². The Balaban J connectivity index is 1.99. The number of benzene rings is 1. The normalized spacial score (nSPS) is 13.2. The van der Waals surface area contributed by atoms with E-state index >= 15 is 0 Å². The van der Waals surface area contributed by atoms with Crippen molar-refractivity contribution in [1.29, 1.82) is 0 Å². The molecule has 0 saturated carbocycles. The Labute approximate surface area is 94.0 Å². The molecule has 16 heavy (non-hydrogen) atoms. The smallest absolute Gasteiger partial charge is 0.228 e. The van der Waals surface area contributed by atoms with Crippen molar-refractivity contribution < 1.29 is 9.59 Å². The van der Waals surface area contributed by atoms with Crippen molar-refractivity contribution in [2.24, 2.45) is 0 Å². The largest absolute Gasteiger partial charge is 0.385 e. The first-order valence-corrected chi connectivity index (χ1v) is 5.31. The highest BCUT2D eigenvalue weighted by molar-refractivity contribution is 5.99. The monoisotopic (exact) mass is 218 g/mol. The van der Waals surface area contributed by atoms with Gasteiger partial charge in [0.1, 0.15) is 5.78 Å². The van der Waals surface area contributed by atoms with Gasteiger partial charge in [-0.05, 0) is 30.7 Å². The number of rotatable bonds is 4. The number of ketones is 1. The molecule has 0 saturated heterocycles. The molecular formula is C12H14N2O2. The van der Waals surface area contributed by atoms with Crippen LogP contribution in [0.3, 0.4) is 0 Å². The van der Waals surface area contributed by atoms with Crippen LogP contribution in [0.15, 0.2) is 18.2 Å². The summed E-state index contributed by atoms with van der Waals surface area (Å²) in [5.74, 6) is 0.210. The first kappa shape index (κ1) is 10.7. The second-order valence-corrected chi connectivity index (χ2v) is 3.98. The summed E-state index contributed by atoms with van der Waals surface area (Å²) in [6.45, 7) is 2.21. The molecule has 4 heteroatoms. The average molecular weight is 218 g/mol. The highest BCUT2D eigenvalue weighted by atomic mass is 16.1. The zero-order chi connectivity index (χ0) is 11.5. The van der Waals surface area contributed by atoms with Gasteiger partial charge < -0.3 is 10.6 Å². The van der Waals surface area contributed by atoms with Crippen molar-refractivity contribution >= 4 is 23.1 Å². The van der Waals surface area contributed by atoms with Crippen molar-refractivity contribution in [1.82, 2.24) is 0 Å². The molecule has 2 N–H and O–H groups in total. The van der Waals surface area contributed by atoms with Crippen LogP contribution in [0.4, 0.5) is 11.4 Å². The summed E-state index contributed by atoms with van der Waals surface area (Å²) in [6.07, 6.45) is 0.964. The third-order valence-corrected chi connectivity index (χ3v) is 2.54. The minimum atomic E-state index is 0.0379. The number of hydrogen-bond acceptors (Lipinski definition) is 3. The van der Waals surface area contributed by atoms with Crippen molar-refractivity contribution in [2.45, 2.75) is 19.8 Å². The molecule has 0 spiro atoms. The van der Waals surface area contributed by atoms with Gasteiger partial charge in [-0.1, -0.05) is 0 Å². The van der Waals surface area contributed by atoms with Crippen LogP contribution in [0.2, 0.25) is 0 Å². The van der Waals surface area contributed by atoms with Crippen LogP contribution < -0.4 is 10.6 Å². The molecule has 0 fully saturated rings. The number of fused-ring (bicyclic) bond motifs is 1. The van der Waals surface area contributed by atoms with Gasteiger partial charge in [-0.25, -0.2) is 0 Å². The summed E-state index contributed by atoms with van der Waals surface area (Å²) in [4.78, 5) is 21.9. The number of anilines is 2. The van der Waals surface area contributed by atoms with E-state index in [0.29, 0.717) is 19.4 Å². The van der Waals surface area contributed by atoms with Gasteiger partial charge in [0.2, 0.25) is 5.91 Å². The molecule has 1 aliphatic rings. The summed E-state index contributed by atoms with van der Waals surface area (Å²) >= 11 is 0. The molecule has 1 heterocycles. The lowest BCUT2D eigenvalue weighted by Gasteiger charge is -2.06. The number of carbonyl (C=O) groups excluding carboxylic acids is 2. The van der Waals surface area contributed by atoms with Gasteiger partial charge in [-0.2, -0.15) is 0 Å². The summed E-state index contributed by atoms with van der Waals surface area (Å²) < 4.78 is 0. The van der Waals surface area contributed by atoms with E-state index in [4.69, 9.17) is 0 Å². The van der Waals surface area contributed by atoms with E-state index in [9.17, 15) is 9.59 Å². The molecule has 4 nitrogen and oxygen atoms in total. The second-order valence-electron chi connectivity index (χ2n) is 3.98. The Morgan fingerprint density at radius 1 is 1.50 bits per heavy atom. The fraction of sp³-hybridized carbons (Fsp3) is 0.333. The quantitative estimate of drug-likeness (QED) is 0.806. The first-order chi connectivity index (χ1) is 7.65. The van der Waals surface area contributed by atoms with Crippen molar-refractivity contribution in [3.63, 3.8) is 0 Å². The summed E-state index contributed by atoms with van der Waals surface area (Å²) in [5, 5.41) is 5.94. The van der Waals surface area contributed by atoms with Crippen molar-refractivity contribution in [3.8, 4) is 0 Å². The lowest BCUT2D eigenvalue weighted by atomic mass is 10.1.